The molecule has 122 valence electrons. The van der Waals surface area contributed by atoms with Gasteiger partial charge in [-0.15, -0.1) is 11.3 Å². The van der Waals surface area contributed by atoms with Gasteiger partial charge in [-0.1, -0.05) is 6.07 Å². The van der Waals surface area contributed by atoms with Crippen LogP contribution in [0.2, 0.25) is 0 Å². The van der Waals surface area contributed by atoms with E-state index < -0.39 is 0 Å². The molecule has 1 unspecified atom stereocenters. The molecule has 3 rings (SSSR count). The van der Waals surface area contributed by atoms with Crippen LogP contribution in [0.15, 0.2) is 39.5 Å². The first-order valence-corrected chi connectivity index (χ1v) is 9.24. The van der Waals surface area contributed by atoms with E-state index >= 15 is 0 Å². The highest BCUT2D eigenvalue weighted by atomic mass is 79.9. The van der Waals surface area contributed by atoms with Gasteiger partial charge in [0.1, 0.15) is 12.4 Å². The van der Waals surface area contributed by atoms with E-state index in [0.29, 0.717) is 24.5 Å². The first kappa shape index (κ1) is 16.5. The summed E-state index contributed by atoms with van der Waals surface area (Å²) in [6, 6.07) is 9.25. The minimum atomic E-state index is -0.106. The number of rotatable bonds is 6. The van der Waals surface area contributed by atoms with Crippen LogP contribution >= 0.6 is 27.3 Å². The number of benzene rings is 1. The van der Waals surface area contributed by atoms with Crippen LogP contribution in [0.1, 0.15) is 28.8 Å². The number of ether oxygens (including phenoxy) is 2. The predicted molar refractivity (Wildman–Crippen MR) is 94.1 cm³/mol. The van der Waals surface area contributed by atoms with E-state index in [1.54, 1.807) is 23.5 Å². The van der Waals surface area contributed by atoms with Crippen LogP contribution in [0.3, 0.4) is 0 Å². The van der Waals surface area contributed by atoms with Gasteiger partial charge in [-0.2, -0.15) is 0 Å². The van der Waals surface area contributed by atoms with Gasteiger partial charge in [0.05, 0.1) is 9.89 Å². The normalized spacial score (nSPS) is 17.2. The SMILES string of the molecule is O=C(NCc1ccsc1Br)c1cccc(OCC2CCCO2)c1. The molecule has 1 amide bonds. The summed E-state index contributed by atoms with van der Waals surface area (Å²) in [6.45, 7) is 1.85. The van der Waals surface area contributed by atoms with Crippen molar-refractivity contribution in [1.29, 1.82) is 0 Å². The summed E-state index contributed by atoms with van der Waals surface area (Å²) in [4.78, 5) is 12.3. The van der Waals surface area contributed by atoms with Crippen molar-refractivity contribution in [3.63, 3.8) is 0 Å². The first-order chi connectivity index (χ1) is 11.2. The van der Waals surface area contributed by atoms with Crippen LogP contribution in [0.5, 0.6) is 5.75 Å². The maximum absolute atomic E-state index is 12.3. The van der Waals surface area contributed by atoms with Crippen LogP contribution < -0.4 is 10.1 Å². The summed E-state index contributed by atoms with van der Waals surface area (Å²) < 4.78 is 12.3. The van der Waals surface area contributed by atoms with Gasteiger partial charge in [0, 0.05) is 18.7 Å². The lowest BCUT2D eigenvalue weighted by atomic mass is 10.2. The zero-order valence-corrected chi connectivity index (χ0v) is 15.0. The topological polar surface area (TPSA) is 47.6 Å². The second kappa shape index (κ2) is 7.95. The molecule has 1 aromatic carbocycles. The number of thiophene rings is 1. The third-order valence-electron chi connectivity index (χ3n) is 3.69. The van der Waals surface area contributed by atoms with Gasteiger partial charge < -0.3 is 14.8 Å². The minimum absolute atomic E-state index is 0.106. The van der Waals surface area contributed by atoms with Gasteiger partial charge in [-0.05, 0) is 64.0 Å². The number of carbonyl (C=O) groups excluding carboxylic acids is 1. The molecule has 1 atom stereocenters. The molecule has 2 heterocycles. The van der Waals surface area contributed by atoms with Crippen molar-refractivity contribution in [2.45, 2.75) is 25.5 Å². The van der Waals surface area contributed by atoms with Gasteiger partial charge in [0.2, 0.25) is 0 Å². The van der Waals surface area contributed by atoms with Crippen LogP contribution in [0.25, 0.3) is 0 Å². The highest BCUT2D eigenvalue weighted by molar-refractivity contribution is 9.11. The molecule has 0 bridgehead atoms. The lowest BCUT2D eigenvalue weighted by Crippen LogP contribution is -2.22. The van der Waals surface area contributed by atoms with Crippen molar-refractivity contribution < 1.29 is 14.3 Å². The molecule has 0 spiro atoms. The fourth-order valence-electron chi connectivity index (χ4n) is 2.42. The molecule has 0 radical (unpaired) electrons. The maximum atomic E-state index is 12.3. The van der Waals surface area contributed by atoms with Crippen molar-refractivity contribution in [2.24, 2.45) is 0 Å². The molecule has 0 aliphatic carbocycles. The van der Waals surface area contributed by atoms with E-state index in [1.165, 1.54) is 0 Å². The Morgan fingerprint density at radius 2 is 2.35 bits per heavy atom. The molecule has 1 saturated heterocycles. The van der Waals surface area contributed by atoms with Gasteiger partial charge in [0.15, 0.2) is 0 Å². The Labute approximate surface area is 147 Å². The van der Waals surface area contributed by atoms with E-state index in [4.69, 9.17) is 9.47 Å². The van der Waals surface area contributed by atoms with E-state index in [1.807, 2.05) is 23.6 Å². The molecule has 2 aromatic rings. The summed E-state index contributed by atoms with van der Waals surface area (Å²) in [5.41, 5.74) is 1.68. The summed E-state index contributed by atoms with van der Waals surface area (Å²) in [6.07, 6.45) is 2.30. The first-order valence-electron chi connectivity index (χ1n) is 7.57. The van der Waals surface area contributed by atoms with Crippen molar-refractivity contribution in [3.05, 3.63) is 50.6 Å². The monoisotopic (exact) mass is 395 g/mol. The van der Waals surface area contributed by atoms with Crippen molar-refractivity contribution in [2.75, 3.05) is 13.2 Å². The van der Waals surface area contributed by atoms with Crippen molar-refractivity contribution in [1.82, 2.24) is 5.32 Å². The third-order valence-corrected chi connectivity index (χ3v) is 5.50. The van der Waals surface area contributed by atoms with Gasteiger partial charge in [0.25, 0.3) is 5.91 Å². The molecule has 1 aliphatic heterocycles. The number of halogens is 1. The van der Waals surface area contributed by atoms with Crippen LogP contribution in [-0.4, -0.2) is 25.2 Å². The predicted octanol–water partition coefficient (Wildman–Crippen LogP) is 4.00. The quantitative estimate of drug-likeness (QED) is 0.803. The lowest BCUT2D eigenvalue weighted by molar-refractivity contribution is 0.0679. The molecular weight excluding hydrogens is 378 g/mol. The summed E-state index contributed by atoms with van der Waals surface area (Å²) in [5, 5.41) is 4.92. The summed E-state index contributed by atoms with van der Waals surface area (Å²) in [7, 11) is 0. The molecule has 1 aromatic heterocycles. The minimum Gasteiger partial charge on any atom is -0.491 e. The number of amides is 1. The lowest BCUT2D eigenvalue weighted by Gasteiger charge is -2.12. The molecule has 1 aliphatic rings. The summed E-state index contributed by atoms with van der Waals surface area (Å²) in [5.74, 6) is 0.593. The second-order valence-corrected chi connectivity index (χ2v) is 7.61. The zero-order chi connectivity index (χ0) is 16.1. The number of carbonyl (C=O) groups is 1. The van der Waals surface area contributed by atoms with Crippen molar-refractivity contribution >= 4 is 33.2 Å². The smallest absolute Gasteiger partial charge is 0.251 e. The maximum Gasteiger partial charge on any atom is 0.251 e. The molecule has 6 heteroatoms. The Morgan fingerprint density at radius 3 is 3.09 bits per heavy atom. The van der Waals surface area contributed by atoms with E-state index in [2.05, 4.69) is 21.2 Å². The average Bonchev–Trinajstić information content (AvgIpc) is 3.22. The fourth-order valence-corrected chi connectivity index (χ4v) is 3.65. The Kier molecular flexibility index (Phi) is 5.70. The number of hydrogen-bond donors (Lipinski definition) is 1. The third kappa shape index (κ3) is 4.56. The standard InChI is InChI=1S/C17H18BrNO3S/c18-16-13(6-8-23-16)10-19-17(20)12-3-1-4-14(9-12)22-11-15-5-2-7-21-15/h1,3-4,6,8-9,15H,2,5,7,10-11H2,(H,19,20). The Bertz CT molecular complexity index is 667. The molecular formula is C17H18BrNO3S. The van der Waals surface area contributed by atoms with E-state index in [0.717, 1.165) is 28.8 Å². The second-order valence-electron chi connectivity index (χ2n) is 5.38. The van der Waals surface area contributed by atoms with Gasteiger partial charge in [-0.25, -0.2) is 0 Å². The highest BCUT2D eigenvalue weighted by Crippen LogP contribution is 2.23. The van der Waals surface area contributed by atoms with Crippen LogP contribution in [-0.2, 0) is 11.3 Å². The molecule has 4 nitrogen and oxygen atoms in total. The molecule has 23 heavy (non-hydrogen) atoms. The number of hydrogen-bond acceptors (Lipinski definition) is 4. The Balaban J connectivity index is 1.55. The highest BCUT2D eigenvalue weighted by Gasteiger charge is 2.16. The Hall–Kier alpha value is -1.37. The van der Waals surface area contributed by atoms with E-state index in [9.17, 15) is 4.79 Å². The van der Waals surface area contributed by atoms with E-state index in [-0.39, 0.29) is 12.0 Å². The van der Waals surface area contributed by atoms with Crippen LogP contribution in [0.4, 0.5) is 0 Å². The van der Waals surface area contributed by atoms with Gasteiger partial charge in [-0.3, -0.25) is 4.79 Å². The molecule has 1 N–H and O–H groups in total. The average molecular weight is 396 g/mol. The zero-order valence-electron chi connectivity index (χ0n) is 12.6. The largest absolute Gasteiger partial charge is 0.491 e. The summed E-state index contributed by atoms with van der Waals surface area (Å²) >= 11 is 5.08. The molecule has 1 fully saturated rings. The van der Waals surface area contributed by atoms with Crippen molar-refractivity contribution in [3.8, 4) is 5.75 Å². The van der Waals surface area contributed by atoms with Crippen LogP contribution in [0, 0.1) is 0 Å². The number of nitrogens with one attached hydrogen (secondary N) is 1. The van der Waals surface area contributed by atoms with Gasteiger partial charge >= 0.3 is 0 Å². The molecule has 0 saturated carbocycles. The Morgan fingerprint density at radius 1 is 1.43 bits per heavy atom. The fraction of sp³-hybridized carbons (Fsp3) is 0.353.